The van der Waals surface area contributed by atoms with Gasteiger partial charge in [0.2, 0.25) is 5.91 Å². The minimum atomic E-state index is -4.18. The summed E-state index contributed by atoms with van der Waals surface area (Å²) in [5.41, 5.74) is 3.78. The molecule has 2 amide bonds. The van der Waals surface area contributed by atoms with Gasteiger partial charge in [-0.3, -0.25) is 13.9 Å². The molecule has 0 aliphatic carbocycles. The van der Waals surface area contributed by atoms with E-state index in [0.717, 1.165) is 4.31 Å². The van der Waals surface area contributed by atoms with E-state index in [1.165, 1.54) is 56.5 Å². The van der Waals surface area contributed by atoms with E-state index < -0.39 is 22.5 Å². The Kier molecular flexibility index (Phi) is 8.28. The maximum absolute atomic E-state index is 13.5. The molecule has 0 fully saturated rings. The molecule has 3 aromatic rings. The molecule has 0 aromatic heterocycles. The molecule has 3 rings (SSSR count). The minimum absolute atomic E-state index is 0.00172. The molecule has 0 spiro atoms. The summed E-state index contributed by atoms with van der Waals surface area (Å²) in [6, 6.07) is 18.3. The van der Waals surface area contributed by atoms with Crippen LogP contribution in [0, 0.1) is 0 Å². The molecule has 0 heterocycles. The van der Waals surface area contributed by atoms with Gasteiger partial charge in [0, 0.05) is 18.2 Å². The maximum atomic E-state index is 13.5. The van der Waals surface area contributed by atoms with Crippen molar-refractivity contribution in [3.05, 3.63) is 78.4 Å². The Balaban J connectivity index is 1.89. The van der Waals surface area contributed by atoms with Crippen molar-refractivity contribution in [2.45, 2.75) is 18.7 Å². The van der Waals surface area contributed by atoms with Crippen molar-refractivity contribution in [3.63, 3.8) is 0 Å². The summed E-state index contributed by atoms with van der Waals surface area (Å²) >= 11 is 0. The zero-order valence-corrected chi connectivity index (χ0v) is 20.7. The predicted octanol–water partition coefficient (Wildman–Crippen LogP) is 3.09. The summed E-state index contributed by atoms with van der Waals surface area (Å²) < 4.78 is 33.1. The van der Waals surface area contributed by atoms with Crippen LogP contribution in [0.3, 0.4) is 0 Å². The van der Waals surface area contributed by atoms with E-state index in [-0.39, 0.29) is 22.2 Å². The monoisotopic (exact) mass is 510 g/mol. The van der Waals surface area contributed by atoms with Crippen LogP contribution < -0.4 is 19.8 Å². The Morgan fingerprint density at radius 1 is 0.972 bits per heavy atom. The number of hydrogen-bond donors (Lipinski definition) is 3. The molecule has 11 heteroatoms. The predicted molar refractivity (Wildman–Crippen MR) is 137 cm³/mol. The lowest BCUT2D eigenvalue weighted by Gasteiger charge is -2.24. The number of hydrogen-bond acceptors (Lipinski definition) is 7. The third-order valence-corrected chi connectivity index (χ3v) is 6.84. The van der Waals surface area contributed by atoms with Gasteiger partial charge < -0.3 is 15.2 Å². The molecule has 0 saturated carbocycles. The second-order valence-electron chi connectivity index (χ2n) is 7.66. The highest BCUT2D eigenvalue weighted by molar-refractivity contribution is 7.92. The number of anilines is 2. The zero-order chi connectivity index (χ0) is 26.3. The van der Waals surface area contributed by atoms with E-state index in [0.29, 0.717) is 22.7 Å². The molecule has 0 aliphatic rings. The van der Waals surface area contributed by atoms with Crippen LogP contribution in [0.4, 0.5) is 11.4 Å². The van der Waals surface area contributed by atoms with E-state index >= 15 is 0 Å². The Labute approximate surface area is 209 Å². The van der Waals surface area contributed by atoms with Crippen molar-refractivity contribution in [1.29, 1.82) is 0 Å². The van der Waals surface area contributed by atoms with E-state index in [1.807, 2.05) is 0 Å². The molecule has 3 N–H and O–H groups in total. The number of carbonyl (C=O) groups is 2. The number of methoxy groups -OCH3 is 1. The highest BCUT2D eigenvalue weighted by Gasteiger charge is 2.27. The average molecular weight is 511 g/mol. The lowest BCUT2D eigenvalue weighted by atomic mass is 10.1. The van der Waals surface area contributed by atoms with Crippen molar-refractivity contribution >= 4 is 38.9 Å². The van der Waals surface area contributed by atoms with Crippen molar-refractivity contribution in [3.8, 4) is 11.5 Å². The fourth-order valence-corrected chi connectivity index (χ4v) is 4.68. The number of amides is 2. The van der Waals surface area contributed by atoms with Gasteiger partial charge in [-0.2, -0.15) is 5.10 Å². The first kappa shape index (κ1) is 26.2. The number of nitrogens with zero attached hydrogens (tertiary/aromatic N) is 2. The molecule has 188 valence electrons. The SMILES string of the molecule is COc1ccc(N(CC(=O)N/N=C(/C)c2ccccc2O)S(=O)(=O)c2ccc(NC(C)=O)cc2)cc1. The number of carbonyl (C=O) groups excluding carboxylic acids is 2. The number of aromatic hydroxyl groups is 1. The molecule has 0 atom stereocenters. The van der Waals surface area contributed by atoms with Gasteiger partial charge >= 0.3 is 0 Å². The number of phenols is 1. The van der Waals surface area contributed by atoms with Crippen LogP contribution in [-0.4, -0.2) is 44.7 Å². The van der Waals surface area contributed by atoms with Gasteiger partial charge in [-0.15, -0.1) is 0 Å². The van der Waals surface area contributed by atoms with Gasteiger partial charge in [0.25, 0.3) is 15.9 Å². The van der Waals surface area contributed by atoms with Crippen LogP contribution in [0.25, 0.3) is 0 Å². The lowest BCUT2D eigenvalue weighted by Crippen LogP contribution is -2.39. The Bertz CT molecular complexity index is 1370. The fourth-order valence-electron chi connectivity index (χ4n) is 3.26. The number of benzene rings is 3. The van der Waals surface area contributed by atoms with Gasteiger partial charge in [0.1, 0.15) is 18.0 Å². The third-order valence-electron chi connectivity index (χ3n) is 5.05. The quantitative estimate of drug-likeness (QED) is 0.299. The molecular weight excluding hydrogens is 484 g/mol. The van der Waals surface area contributed by atoms with Gasteiger partial charge in [-0.1, -0.05) is 12.1 Å². The topological polar surface area (TPSA) is 137 Å². The fraction of sp³-hybridized carbons (Fsp3) is 0.160. The van der Waals surface area contributed by atoms with Crippen molar-refractivity contribution in [2.24, 2.45) is 5.10 Å². The second-order valence-corrected chi connectivity index (χ2v) is 9.53. The second kappa shape index (κ2) is 11.4. The summed E-state index contributed by atoms with van der Waals surface area (Å²) in [6.45, 7) is 2.38. The molecule has 3 aromatic carbocycles. The molecule has 10 nitrogen and oxygen atoms in total. The molecule has 0 saturated heterocycles. The van der Waals surface area contributed by atoms with Gasteiger partial charge in [-0.25, -0.2) is 13.8 Å². The Morgan fingerprint density at radius 2 is 1.61 bits per heavy atom. The summed E-state index contributed by atoms with van der Waals surface area (Å²) in [4.78, 5) is 24.0. The number of ether oxygens (including phenoxy) is 1. The first-order chi connectivity index (χ1) is 17.1. The Hall–Kier alpha value is -4.38. The minimum Gasteiger partial charge on any atom is -0.507 e. The molecule has 0 radical (unpaired) electrons. The Morgan fingerprint density at radius 3 is 2.19 bits per heavy atom. The highest BCUT2D eigenvalue weighted by atomic mass is 32.2. The van der Waals surface area contributed by atoms with E-state index in [1.54, 1.807) is 37.3 Å². The number of nitrogens with one attached hydrogen (secondary N) is 2. The smallest absolute Gasteiger partial charge is 0.264 e. The molecular formula is C25H26N4O6S. The normalized spacial score (nSPS) is 11.5. The highest BCUT2D eigenvalue weighted by Crippen LogP contribution is 2.26. The number of phenolic OH excluding ortho intramolecular Hbond substituents is 1. The number of hydrazone groups is 1. The molecule has 36 heavy (non-hydrogen) atoms. The standard InChI is InChI=1S/C25H26N4O6S/c1-17(23-6-4-5-7-24(23)31)27-28-25(32)16-29(20-10-12-21(35-3)13-11-20)36(33,34)22-14-8-19(9-15-22)26-18(2)30/h4-15,31H,16H2,1-3H3,(H,26,30)(H,28,32)/b27-17-. The van der Waals surface area contributed by atoms with E-state index in [4.69, 9.17) is 4.74 Å². The summed E-state index contributed by atoms with van der Waals surface area (Å²) in [5, 5.41) is 16.5. The lowest BCUT2D eigenvalue weighted by molar-refractivity contribution is -0.119. The van der Waals surface area contributed by atoms with Gasteiger partial charge in [-0.05, 0) is 67.6 Å². The maximum Gasteiger partial charge on any atom is 0.264 e. The van der Waals surface area contributed by atoms with Crippen LogP contribution in [0.15, 0.2) is 82.8 Å². The van der Waals surface area contributed by atoms with Crippen molar-refractivity contribution in [1.82, 2.24) is 5.43 Å². The van der Waals surface area contributed by atoms with Crippen LogP contribution in [0.5, 0.6) is 11.5 Å². The number of para-hydroxylation sites is 1. The summed E-state index contributed by atoms with van der Waals surface area (Å²) in [7, 11) is -2.70. The average Bonchev–Trinajstić information content (AvgIpc) is 2.86. The first-order valence-corrected chi connectivity index (χ1v) is 12.2. The summed E-state index contributed by atoms with van der Waals surface area (Å²) in [6.07, 6.45) is 0. The van der Waals surface area contributed by atoms with Gasteiger partial charge in [0.15, 0.2) is 0 Å². The van der Waals surface area contributed by atoms with Crippen LogP contribution in [-0.2, 0) is 19.6 Å². The number of sulfonamides is 1. The number of rotatable bonds is 9. The summed E-state index contributed by atoms with van der Waals surface area (Å²) in [5.74, 6) is -0.470. The van der Waals surface area contributed by atoms with E-state index in [2.05, 4.69) is 15.8 Å². The van der Waals surface area contributed by atoms with E-state index in [9.17, 15) is 23.1 Å². The third kappa shape index (κ3) is 6.39. The molecule has 0 unspecified atom stereocenters. The van der Waals surface area contributed by atoms with Crippen molar-refractivity contribution < 1.29 is 27.9 Å². The first-order valence-electron chi connectivity index (χ1n) is 10.8. The van der Waals surface area contributed by atoms with Crippen LogP contribution in [0.2, 0.25) is 0 Å². The zero-order valence-electron chi connectivity index (χ0n) is 19.9. The molecule has 0 aliphatic heterocycles. The molecule has 0 bridgehead atoms. The van der Waals surface area contributed by atoms with Crippen molar-refractivity contribution in [2.75, 3.05) is 23.3 Å². The van der Waals surface area contributed by atoms with Gasteiger partial charge in [0.05, 0.1) is 23.4 Å². The van der Waals surface area contributed by atoms with Crippen LogP contribution in [0.1, 0.15) is 19.4 Å². The largest absolute Gasteiger partial charge is 0.507 e. The van der Waals surface area contributed by atoms with Crippen LogP contribution >= 0.6 is 0 Å².